The summed E-state index contributed by atoms with van der Waals surface area (Å²) in [6.07, 6.45) is 0. The number of hydrogen-bond donors (Lipinski definition) is 0. The van der Waals surface area contributed by atoms with Crippen molar-refractivity contribution in [1.29, 1.82) is 0 Å². The fraction of sp³-hybridized carbons (Fsp3) is 0.120. The molecule has 1 nitrogen and oxygen atoms in total. The molecular formula is C75H57N. The normalized spacial score (nSPS) is 14.8. The third-order valence-corrected chi connectivity index (χ3v) is 18.0. The molecule has 0 amide bonds. The molecule has 0 fully saturated rings. The van der Waals surface area contributed by atoms with Gasteiger partial charge in [-0.25, -0.2) is 0 Å². The molecule has 15 rings (SSSR count). The van der Waals surface area contributed by atoms with Gasteiger partial charge < -0.3 is 4.57 Å². The standard InChI is InChI=1S/C75H57N/c1-73(2)65-24-14-10-20-57(65)60-32-28-47(43-68(60)73)51-36-50(46-31-35-72-64(42-46)63-23-13-17-27-71(63)76(72)56-18-8-7-9-19-56)38-54(39-51)55-40-52(48-29-33-61-58-21-11-15-25-66(58)74(3,4)69(61)44-48)37-53(41-55)49-30-34-62-59-22-12-16-26-67(59)75(5,6)70(62)45-49/h7-45H,1-6H3. The van der Waals surface area contributed by atoms with E-state index in [1.165, 1.54) is 144 Å². The minimum absolute atomic E-state index is 0.119. The molecule has 0 spiro atoms. The highest BCUT2D eigenvalue weighted by Crippen LogP contribution is 2.53. The van der Waals surface area contributed by atoms with Gasteiger partial charge in [-0.05, 0) is 207 Å². The highest BCUT2D eigenvalue weighted by atomic mass is 15.0. The van der Waals surface area contributed by atoms with Crippen molar-refractivity contribution in [1.82, 2.24) is 4.57 Å². The van der Waals surface area contributed by atoms with Gasteiger partial charge in [0.05, 0.1) is 11.0 Å². The number of benzene rings is 11. The Labute approximate surface area is 446 Å². The SMILES string of the molecule is CC1(C)c2ccccc2-c2ccc(-c3cc(-c4cc(-c5ccc6c(c5)C(C)(C)c5ccccc5-6)cc(-c5ccc6c(c5)c5ccccc5n6-c5ccccc5)c4)cc(-c4ccc5c(c4)C(C)(C)c4ccccc4-5)c3)cc21. The van der Waals surface area contributed by atoms with E-state index < -0.39 is 0 Å². The predicted octanol–water partition coefficient (Wildman–Crippen LogP) is 20.0. The van der Waals surface area contributed by atoms with Crippen LogP contribution in [-0.4, -0.2) is 4.57 Å². The summed E-state index contributed by atoms with van der Waals surface area (Å²) in [6.45, 7) is 14.3. The Hall–Kier alpha value is -8.78. The Morgan fingerprint density at radius 2 is 0.539 bits per heavy atom. The predicted molar refractivity (Wildman–Crippen MR) is 321 cm³/mol. The molecule has 11 aromatic carbocycles. The second-order valence-corrected chi connectivity index (χ2v) is 23.3. The van der Waals surface area contributed by atoms with Crippen LogP contribution in [0.5, 0.6) is 0 Å². The van der Waals surface area contributed by atoms with Crippen LogP contribution in [0.3, 0.4) is 0 Å². The fourth-order valence-electron chi connectivity index (χ4n) is 13.9. The summed E-state index contributed by atoms with van der Waals surface area (Å²) < 4.78 is 2.41. The summed E-state index contributed by atoms with van der Waals surface area (Å²) in [6, 6.07) is 89.9. The first kappa shape index (κ1) is 44.7. The van der Waals surface area contributed by atoms with Crippen LogP contribution in [0.25, 0.3) is 117 Å². The molecule has 0 saturated heterocycles. The van der Waals surface area contributed by atoms with E-state index in [9.17, 15) is 0 Å². The zero-order chi connectivity index (χ0) is 51.2. The molecule has 0 radical (unpaired) electrons. The van der Waals surface area contributed by atoms with E-state index in [1.54, 1.807) is 0 Å². The van der Waals surface area contributed by atoms with Crippen LogP contribution in [-0.2, 0) is 16.2 Å². The first-order valence-corrected chi connectivity index (χ1v) is 27.1. The summed E-state index contributed by atoms with van der Waals surface area (Å²) in [5.41, 5.74) is 31.6. The Balaban J connectivity index is 0.956. The topological polar surface area (TPSA) is 4.93 Å². The lowest BCUT2D eigenvalue weighted by molar-refractivity contribution is 0.660. The monoisotopic (exact) mass is 971 g/mol. The highest BCUT2D eigenvalue weighted by molar-refractivity contribution is 6.10. The largest absolute Gasteiger partial charge is 0.309 e. The molecule has 76 heavy (non-hydrogen) atoms. The molecule has 12 aromatic rings. The van der Waals surface area contributed by atoms with Gasteiger partial charge in [-0.2, -0.15) is 0 Å². The third-order valence-electron chi connectivity index (χ3n) is 18.0. The van der Waals surface area contributed by atoms with Gasteiger partial charge in [0.2, 0.25) is 0 Å². The second-order valence-electron chi connectivity index (χ2n) is 23.3. The number of para-hydroxylation sites is 2. The molecule has 1 heteroatoms. The Bertz CT molecular complexity index is 4290. The second kappa shape index (κ2) is 16.1. The summed E-state index contributed by atoms with van der Waals surface area (Å²) in [5.74, 6) is 0. The van der Waals surface area contributed by atoms with E-state index in [2.05, 4.69) is 283 Å². The van der Waals surface area contributed by atoms with E-state index in [1.807, 2.05) is 0 Å². The summed E-state index contributed by atoms with van der Waals surface area (Å²) >= 11 is 0. The van der Waals surface area contributed by atoms with Crippen molar-refractivity contribution in [3.8, 4) is 94.7 Å². The minimum atomic E-state index is -0.124. The van der Waals surface area contributed by atoms with Crippen LogP contribution in [0.4, 0.5) is 0 Å². The summed E-state index contributed by atoms with van der Waals surface area (Å²) in [5, 5.41) is 2.49. The molecule has 0 saturated carbocycles. The smallest absolute Gasteiger partial charge is 0.0541 e. The maximum Gasteiger partial charge on any atom is 0.0541 e. The third kappa shape index (κ3) is 6.51. The molecule has 362 valence electrons. The molecular weight excluding hydrogens is 915 g/mol. The molecule has 3 aliphatic carbocycles. The lowest BCUT2D eigenvalue weighted by Gasteiger charge is -2.23. The average molecular weight is 972 g/mol. The molecule has 1 heterocycles. The van der Waals surface area contributed by atoms with Gasteiger partial charge >= 0.3 is 0 Å². The van der Waals surface area contributed by atoms with Crippen LogP contribution in [0.2, 0.25) is 0 Å². The van der Waals surface area contributed by atoms with Crippen molar-refractivity contribution in [2.24, 2.45) is 0 Å². The molecule has 0 aliphatic heterocycles. The van der Waals surface area contributed by atoms with Gasteiger partial charge in [0.15, 0.2) is 0 Å². The Morgan fingerprint density at radius 3 is 0.974 bits per heavy atom. The minimum Gasteiger partial charge on any atom is -0.309 e. The first-order valence-electron chi connectivity index (χ1n) is 27.1. The van der Waals surface area contributed by atoms with E-state index in [0.717, 1.165) is 5.69 Å². The lowest BCUT2D eigenvalue weighted by Crippen LogP contribution is -2.15. The van der Waals surface area contributed by atoms with Gasteiger partial charge in [-0.3, -0.25) is 0 Å². The van der Waals surface area contributed by atoms with Crippen molar-refractivity contribution in [2.45, 2.75) is 57.8 Å². The van der Waals surface area contributed by atoms with Gasteiger partial charge in [-0.15, -0.1) is 0 Å². The van der Waals surface area contributed by atoms with Crippen molar-refractivity contribution in [3.05, 3.63) is 270 Å². The number of fused-ring (bicyclic) bond motifs is 12. The van der Waals surface area contributed by atoms with Crippen LogP contribution >= 0.6 is 0 Å². The first-order chi connectivity index (χ1) is 36.9. The zero-order valence-corrected chi connectivity index (χ0v) is 44.0. The maximum atomic E-state index is 2.48. The molecule has 0 bridgehead atoms. The summed E-state index contributed by atoms with van der Waals surface area (Å²) in [4.78, 5) is 0. The van der Waals surface area contributed by atoms with E-state index >= 15 is 0 Å². The molecule has 0 atom stereocenters. The fourth-order valence-corrected chi connectivity index (χ4v) is 13.9. The van der Waals surface area contributed by atoms with Crippen LogP contribution in [0.1, 0.15) is 74.9 Å². The lowest BCUT2D eigenvalue weighted by atomic mass is 9.80. The van der Waals surface area contributed by atoms with Gasteiger partial charge in [-0.1, -0.05) is 193 Å². The zero-order valence-electron chi connectivity index (χ0n) is 44.0. The summed E-state index contributed by atoms with van der Waals surface area (Å²) in [7, 11) is 0. The van der Waals surface area contributed by atoms with Crippen molar-refractivity contribution >= 4 is 21.8 Å². The van der Waals surface area contributed by atoms with Crippen molar-refractivity contribution < 1.29 is 0 Å². The number of hydrogen-bond acceptors (Lipinski definition) is 0. The molecule has 1 aromatic heterocycles. The van der Waals surface area contributed by atoms with Crippen LogP contribution < -0.4 is 0 Å². The van der Waals surface area contributed by atoms with Crippen molar-refractivity contribution in [3.63, 3.8) is 0 Å². The Kier molecular flexibility index (Phi) is 9.47. The van der Waals surface area contributed by atoms with E-state index in [4.69, 9.17) is 0 Å². The number of rotatable bonds is 6. The van der Waals surface area contributed by atoms with Crippen molar-refractivity contribution in [2.75, 3.05) is 0 Å². The Morgan fingerprint density at radius 1 is 0.224 bits per heavy atom. The number of aromatic nitrogens is 1. The van der Waals surface area contributed by atoms with E-state index in [-0.39, 0.29) is 16.2 Å². The number of nitrogens with zero attached hydrogens (tertiary/aromatic N) is 1. The van der Waals surface area contributed by atoms with Crippen LogP contribution in [0, 0.1) is 0 Å². The van der Waals surface area contributed by atoms with Crippen LogP contribution in [0.15, 0.2) is 237 Å². The van der Waals surface area contributed by atoms with E-state index in [0.29, 0.717) is 0 Å². The highest BCUT2D eigenvalue weighted by Gasteiger charge is 2.38. The maximum absolute atomic E-state index is 2.48. The van der Waals surface area contributed by atoms with Gasteiger partial charge in [0.25, 0.3) is 0 Å². The molecule has 0 unspecified atom stereocenters. The van der Waals surface area contributed by atoms with Gasteiger partial charge in [0.1, 0.15) is 0 Å². The molecule has 0 N–H and O–H groups in total. The quantitative estimate of drug-likeness (QED) is 0.156. The average Bonchev–Trinajstić information content (AvgIpc) is 4.12. The molecule has 3 aliphatic rings. The van der Waals surface area contributed by atoms with Gasteiger partial charge in [0, 0.05) is 32.7 Å².